The molecule has 1 N–H and O–H groups in total. The molecule has 0 saturated carbocycles. The van der Waals surface area contributed by atoms with Crippen molar-refractivity contribution >= 4 is 23.6 Å². The fourth-order valence-electron chi connectivity index (χ4n) is 4.28. The van der Waals surface area contributed by atoms with Gasteiger partial charge in [0.15, 0.2) is 0 Å². The topological polar surface area (TPSA) is 96.0 Å². The molecule has 2 atom stereocenters. The zero-order valence-corrected chi connectivity index (χ0v) is 18.3. The number of nitrogens with zero attached hydrogens (tertiary/aromatic N) is 2. The molecule has 2 heterocycles. The summed E-state index contributed by atoms with van der Waals surface area (Å²) in [4.78, 5) is 52.2. The van der Waals surface area contributed by atoms with Gasteiger partial charge in [-0.2, -0.15) is 0 Å². The summed E-state index contributed by atoms with van der Waals surface area (Å²) in [6, 6.07) is 7.19. The fraction of sp³-hybridized carbons (Fsp3) is 0.565. The number of imide groups is 1. The van der Waals surface area contributed by atoms with Gasteiger partial charge >= 0.3 is 0 Å². The number of methoxy groups -OCH3 is 1. The SMILES string of the molecule is CCCCN1C(=O)CC(C(=O)NCCCN2C(=O)CCC2=O)C1c1ccc(OC)cc1. The van der Waals surface area contributed by atoms with Gasteiger partial charge < -0.3 is 15.0 Å². The highest BCUT2D eigenvalue weighted by Gasteiger charge is 2.44. The number of likely N-dealkylation sites (tertiary alicyclic amines) is 2. The normalized spacial score (nSPS) is 21.2. The number of carbonyl (C=O) groups is 4. The molecule has 3 rings (SSSR count). The molecule has 0 radical (unpaired) electrons. The summed E-state index contributed by atoms with van der Waals surface area (Å²) in [5, 5.41) is 2.91. The molecular formula is C23H31N3O5. The van der Waals surface area contributed by atoms with Crippen LogP contribution >= 0.6 is 0 Å². The van der Waals surface area contributed by atoms with Gasteiger partial charge in [-0.3, -0.25) is 24.1 Å². The third-order valence-electron chi connectivity index (χ3n) is 5.99. The highest BCUT2D eigenvalue weighted by molar-refractivity contribution is 6.01. The first-order chi connectivity index (χ1) is 15.0. The van der Waals surface area contributed by atoms with Crippen molar-refractivity contribution < 1.29 is 23.9 Å². The first-order valence-electron chi connectivity index (χ1n) is 11.0. The van der Waals surface area contributed by atoms with E-state index < -0.39 is 5.92 Å². The third-order valence-corrected chi connectivity index (χ3v) is 5.99. The van der Waals surface area contributed by atoms with Gasteiger partial charge in [-0.25, -0.2) is 0 Å². The number of amides is 4. The van der Waals surface area contributed by atoms with Gasteiger partial charge in [0.1, 0.15) is 5.75 Å². The van der Waals surface area contributed by atoms with Crippen molar-refractivity contribution in [3.8, 4) is 5.75 Å². The van der Waals surface area contributed by atoms with Crippen LogP contribution in [0.5, 0.6) is 5.75 Å². The number of carbonyl (C=O) groups excluding carboxylic acids is 4. The van der Waals surface area contributed by atoms with E-state index in [0.717, 1.165) is 24.2 Å². The predicted molar refractivity (Wildman–Crippen MR) is 114 cm³/mol. The number of unbranched alkanes of at least 4 members (excludes halogenated alkanes) is 1. The molecular weight excluding hydrogens is 398 g/mol. The van der Waals surface area contributed by atoms with Gasteiger partial charge in [-0.1, -0.05) is 25.5 Å². The summed E-state index contributed by atoms with van der Waals surface area (Å²) >= 11 is 0. The maximum absolute atomic E-state index is 13.0. The second-order valence-electron chi connectivity index (χ2n) is 8.05. The van der Waals surface area contributed by atoms with Crippen molar-refractivity contribution in [2.24, 2.45) is 5.92 Å². The van der Waals surface area contributed by atoms with Crippen LogP contribution in [0.25, 0.3) is 0 Å². The Morgan fingerprint density at radius 2 is 1.71 bits per heavy atom. The highest BCUT2D eigenvalue weighted by atomic mass is 16.5. The molecule has 1 aromatic rings. The van der Waals surface area contributed by atoms with Gasteiger partial charge in [-0.15, -0.1) is 0 Å². The van der Waals surface area contributed by atoms with Crippen LogP contribution in [0, 0.1) is 5.92 Å². The molecule has 0 spiro atoms. The van der Waals surface area contributed by atoms with Crippen LogP contribution in [0.4, 0.5) is 0 Å². The van der Waals surface area contributed by atoms with E-state index in [1.807, 2.05) is 29.2 Å². The molecule has 1 aromatic carbocycles. The Morgan fingerprint density at radius 3 is 2.32 bits per heavy atom. The fourth-order valence-corrected chi connectivity index (χ4v) is 4.28. The van der Waals surface area contributed by atoms with E-state index in [2.05, 4.69) is 12.2 Å². The summed E-state index contributed by atoms with van der Waals surface area (Å²) in [7, 11) is 1.60. The van der Waals surface area contributed by atoms with E-state index in [4.69, 9.17) is 4.74 Å². The standard InChI is InChI=1S/C23H31N3O5/c1-3-4-13-26-21(29)15-18(22(26)16-6-8-17(31-2)9-7-16)23(30)24-12-5-14-25-19(27)10-11-20(25)28/h6-9,18,22H,3-5,10-15H2,1-2H3,(H,24,30). The van der Waals surface area contributed by atoms with Crippen molar-refractivity contribution in [1.82, 2.24) is 15.1 Å². The van der Waals surface area contributed by atoms with Crippen molar-refractivity contribution in [3.05, 3.63) is 29.8 Å². The molecule has 0 aliphatic carbocycles. The number of hydrogen-bond acceptors (Lipinski definition) is 5. The molecule has 2 saturated heterocycles. The van der Waals surface area contributed by atoms with E-state index in [1.165, 1.54) is 4.90 Å². The Hall–Kier alpha value is -2.90. The van der Waals surface area contributed by atoms with Crippen molar-refractivity contribution in [1.29, 1.82) is 0 Å². The second kappa shape index (κ2) is 10.4. The molecule has 2 aliphatic heterocycles. The molecule has 2 aliphatic rings. The minimum atomic E-state index is -0.479. The van der Waals surface area contributed by atoms with Crippen molar-refractivity contribution in [2.45, 2.75) is 51.5 Å². The highest BCUT2D eigenvalue weighted by Crippen LogP contribution is 2.39. The molecule has 0 bridgehead atoms. The third kappa shape index (κ3) is 5.24. The monoisotopic (exact) mass is 429 g/mol. The van der Waals surface area contributed by atoms with Crippen molar-refractivity contribution in [2.75, 3.05) is 26.7 Å². The quantitative estimate of drug-likeness (QED) is 0.454. The van der Waals surface area contributed by atoms with E-state index >= 15 is 0 Å². The van der Waals surface area contributed by atoms with E-state index in [-0.39, 0.29) is 48.9 Å². The lowest BCUT2D eigenvalue weighted by atomic mass is 9.92. The van der Waals surface area contributed by atoms with Crippen LogP contribution in [0.15, 0.2) is 24.3 Å². The molecule has 8 heteroatoms. The summed E-state index contributed by atoms with van der Waals surface area (Å²) in [6.07, 6.45) is 3.06. The first-order valence-corrected chi connectivity index (χ1v) is 11.0. The zero-order chi connectivity index (χ0) is 22.4. The molecule has 4 amide bonds. The predicted octanol–water partition coefficient (Wildman–Crippen LogP) is 2.04. The summed E-state index contributed by atoms with van der Waals surface area (Å²) < 4.78 is 5.23. The lowest BCUT2D eigenvalue weighted by molar-refractivity contribution is -0.138. The number of benzene rings is 1. The second-order valence-corrected chi connectivity index (χ2v) is 8.05. The summed E-state index contributed by atoms with van der Waals surface area (Å²) in [5.41, 5.74) is 0.913. The smallest absolute Gasteiger partial charge is 0.229 e. The zero-order valence-electron chi connectivity index (χ0n) is 18.3. The Balaban J connectivity index is 1.64. The van der Waals surface area contributed by atoms with Crippen LogP contribution in [0.1, 0.15) is 57.1 Å². The van der Waals surface area contributed by atoms with Crippen molar-refractivity contribution in [3.63, 3.8) is 0 Å². The lowest BCUT2D eigenvalue weighted by Gasteiger charge is -2.28. The summed E-state index contributed by atoms with van der Waals surface area (Å²) in [5.74, 6) is -0.240. The number of nitrogens with one attached hydrogen (secondary N) is 1. The van der Waals surface area contributed by atoms with E-state index in [0.29, 0.717) is 26.1 Å². The van der Waals surface area contributed by atoms with Gasteiger partial charge in [0.2, 0.25) is 23.6 Å². The van der Waals surface area contributed by atoms with Crippen LogP contribution < -0.4 is 10.1 Å². The summed E-state index contributed by atoms with van der Waals surface area (Å²) in [6.45, 7) is 3.36. The van der Waals surface area contributed by atoms with Crippen LogP contribution in [-0.4, -0.2) is 60.2 Å². The van der Waals surface area contributed by atoms with Crippen LogP contribution in [-0.2, 0) is 19.2 Å². The Morgan fingerprint density at radius 1 is 1.03 bits per heavy atom. The van der Waals surface area contributed by atoms with Gasteiger partial charge in [-0.05, 0) is 30.5 Å². The molecule has 31 heavy (non-hydrogen) atoms. The average Bonchev–Trinajstić information content (AvgIpc) is 3.28. The Labute approximate surface area is 182 Å². The Kier molecular flexibility index (Phi) is 7.65. The average molecular weight is 430 g/mol. The van der Waals surface area contributed by atoms with Gasteiger partial charge in [0.25, 0.3) is 0 Å². The number of rotatable bonds is 10. The number of hydrogen-bond donors (Lipinski definition) is 1. The molecule has 8 nitrogen and oxygen atoms in total. The van der Waals surface area contributed by atoms with E-state index in [9.17, 15) is 19.2 Å². The molecule has 0 aromatic heterocycles. The van der Waals surface area contributed by atoms with Crippen LogP contribution in [0.2, 0.25) is 0 Å². The number of ether oxygens (including phenoxy) is 1. The van der Waals surface area contributed by atoms with Gasteiger partial charge in [0.05, 0.1) is 19.1 Å². The maximum Gasteiger partial charge on any atom is 0.229 e. The minimum Gasteiger partial charge on any atom is -0.497 e. The molecule has 2 fully saturated rings. The molecule has 2 unspecified atom stereocenters. The van der Waals surface area contributed by atoms with Gasteiger partial charge in [0, 0.05) is 38.9 Å². The first kappa shape index (κ1) is 22.8. The molecule has 168 valence electrons. The largest absolute Gasteiger partial charge is 0.497 e. The Bertz CT molecular complexity index is 807. The van der Waals surface area contributed by atoms with Crippen LogP contribution in [0.3, 0.4) is 0 Å². The minimum absolute atomic E-state index is 0.0114. The maximum atomic E-state index is 13.0. The van der Waals surface area contributed by atoms with E-state index in [1.54, 1.807) is 7.11 Å². The lowest BCUT2D eigenvalue weighted by Crippen LogP contribution is -2.37.